The van der Waals surface area contributed by atoms with Crippen molar-refractivity contribution in [3.05, 3.63) is 42.7 Å². The number of benzene rings is 1. The highest BCUT2D eigenvalue weighted by Gasteiger charge is 2.44. The number of fused-ring (bicyclic) bond motifs is 1. The van der Waals surface area contributed by atoms with E-state index in [4.69, 9.17) is 4.74 Å². The van der Waals surface area contributed by atoms with Crippen LogP contribution in [-0.2, 0) is 4.74 Å². The molecule has 11 heteroatoms. The fraction of sp³-hybridized carbons (Fsp3) is 0.421. The SMILES string of the molecule is C[Si](C)(CNc1nc(F)nc2c1ncn2[C@@H]1O[C@H](CO)[C@@H](O)[C@H]1O)c1ccccc1. The fourth-order valence-corrected chi connectivity index (χ4v) is 5.51. The Morgan fingerprint density at radius 3 is 2.57 bits per heavy atom. The molecule has 4 N–H and O–H groups in total. The molecule has 1 aliphatic rings. The molecule has 1 aliphatic heterocycles. The predicted molar refractivity (Wildman–Crippen MR) is 110 cm³/mol. The number of hydrogen-bond donors (Lipinski definition) is 4. The molecule has 1 saturated heterocycles. The van der Waals surface area contributed by atoms with Gasteiger partial charge in [0.15, 0.2) is 23.2 Å². The minimum Gasteiger partial charge on any atom is -0.394 e. The first-order chi connectivity index (χ1) is 14.3. The molecule has 0 amide bonds. The Morgan fingerprint density at radius 1 is 1.17 bits per heavy atom. The van der Waals surface area contributed by atoms with E-state index in [0.717, 1.165) is 0 Å². The molecule has 4 rings (SSSR count). The van der Waals surface area contributed by atoms with Crippen molar-refractivity contribution in [1.29, 1.82) is 0 Å². The van der Waals surface area contributed by atoms with E-state index in [-0.39, 0.29) is 11.5 Å². The van der Waals surface area contributed by atoms with Gasteiger partial charge >= 0.3 is 6.08 Å². The molecule has 9 nitrogen and oxygen atoms in total. The standard InChI is InChI=1S/C19H24FN5O4Si/c1-30(2,11-6-4-3-5-7-11)10-22-16-13-17(24-19(20)23-16)25(9-21-13)18-15(28)14(27)12(8-26)29-18/h3-7,9,12,14-15,18,26-28H,8,10H2,1-2H3,(H,22,23,24)/t12-,14-,15-,18-/m1/s1. The first-order valence-corrected chi connectivity index (χ1v) is 12.8. The summed E-state index contributed by atoms with van der Waals surface area (Å²) in [7, 11) is -1.87. The van der Waals surface area contributed by atoms with Crippen LogP contribution in [0.5, 0.6) is 0 Å². The molecule has 30 heavy (non-hydrogen) atoms. The molecule has 3 heterocycles. The van der Waals surface area contributed by atoms with Gasteiger partial charge in [0.1, 0.15) is 26.4 Å². The summed E-state index contributed by atoms with van der Waals surface area (Å²) in [5, 5.41) is 34.1. The normalized spacial score (nSPS) is 24.5. The maximum Gasteiger partial charge on any atom is 0.312 e. The number of aliphatic hydroxyl groups excluding tert-OH is 3. The van der Waals surface area contributed by atoms with Crippen LogP contribution >= 0.6 is 0 Å². The number of anilines is 1. The first-order valence-electron chi connectivity index (χ1n) is 9.64. The maximum absolute atomic E-state index is 14.2. The van der Waals surface area contributed by atoms with Crippen molar-refractivity contribution < 1.29 is 24.4 Å². The highest BCUT2D eigenvalue weighted by molar-refractivity contribution is 6.90. The summed E-state index contributed by atoms with van der Waals surface area (Å²) < 4.78 is 21.1. The molecule has 1 aromatic carbocycles. The van der Waals surface area contributed by atoms with E-state index in [0.29, 0.717) is 11.7 Å². The largest absolute Gasteiger partial charge is 0.394 e. The van der Waals surface area contributed by atoms with E-state index in [2.05, 4.69) is 45.5 Å². The Balaban J connectivity index is 1.63. The Kier molecular flexibility index (Phi) is 5.55. The Hall–Kier alpha value is -2.44. The van der Waals surface area contributed by atoms with Gasteiger partial charge in [-0.3, -0.25) is 4.57 Å². The molecule has 1 fully saturated rings. The van der Waals surface area contributed by atoms with E-state index in [1.807, 2.05) is 18.2 Å². The Labute approximate surface area is 173 Å². The van der Waals surface area contributed by atoms with Gasteiger partial charge in [0.05, 0.1) is 12.9 Å². The molecule has 0 spiro atoms. The van der Waals surface area contributed by atoms with E-state index in [9.17, 15) is 19.7 Å². The van der Waals surface area contributed by atoms with Crippen molar-refractivity contribution in [3.63, 3.8) is 0 Å². The van der Waals surface area contributed by atoms with Gasteiger partial charge in [-0.2, -0.15) is 14.4 Å². The van der Waals surface area contributed by atoms with Crippen LogP contribution in [0, 0.1) is 6.08 Å². The zero-order chi connectivity index (χ0) is 21.5. The minimum atomic E-state index is -1.87. The lowest BCUT2D eigenvalue weighted by molar-refractivity contribution is -0.0511. The molecular formula is C19H24FN5O4Si. The predicted octanol–water partition coefficient (Wildman–Crippen LogP) is 0.144. The van der Waals surface area contributed by atoms with Crippen LogP contribution in [0.3, 0.4) is 0 Å². The first kappa shape index (κ1) is 20.8. The van der Waals surface area contributed by atoms with Crippen molar-refractivity contribution in [2.45, 2.75) is 37.6 Å². The molecular weight excluding hydrogens is 409 g/mol. The lowest BCUT2D eigenvalue weighted by Gasteiger charge is -2.23. The number of nitrogens with one attached hydrogen (secondary N) is 1. The lowest BCUT2D eigenvalue weighted by atomic mass is 10.1. The molecule has 160 valence electrons. The summed E-state index contributed by atoms with van der Waals surface area (Å²) in [4.78, 5) is 12.0. The molecule has 2 aromatic heterocycles. The summed E-state index contributed by atoms with van der Waals surface area (Å²) in [6.07, 6.45) is -3.60. The smallest absolute Gasteiger partial charge is 0.312 e. The molecule has 0 bridgehead atoms. The van der Waals surface area contributed by atoms with Crippen molar-refractivity contribution in [3.8, 4) is 0 Å². The third kappa shape index (κ3) is 3.70. The van der Waals surface area contributed by atoms with Gasteiger partial charge < -0.3 is 25.4 Å². The second-order valence-corrected chi connectivity index (χ2v) is 12.7. The van der Waals surface area contributed by atoms with Crippen LogP contribution in [0.4, 0.5) is 10.2 Å². The second kappa shape index (κ2) is 8.00. The fourth-order valence-electron chi connectivity index (χ4n) is 3.61. The van der Waals surface area contributed by atoms with Crippen LogP contribution in [-0.4, -0.2) is 74.0 Å². The second-order valence-electron chi connectivity index (χ2n) is 8.00. The van der Waals surface area contributed by atoms with Crippen LogP contribution in [0.25, 0.3) is 11.2 Å². The zero-order valence-corrected chi connectivity index (χ0v) is 17.6. The highest BCUT2D eigenvalue weighted by Crippen LogP contribution is 2.32. The quantitative estimate of drug-likeness (QED) is 0.320. The third-order valence-corrected chi connectivity index (χ3v) is 8.40. The van der Waals surface area contributed by atoms with E-state index >= 15 is 0 Å². The minimum absolute atomic E-state index is 0.124. The van der Waals surface area contributed by atoms with Gasteiger partial charge in [0.25, 0.3) is 0 Å². The zero-order valence-electron chi connectivity index (χ0n) is 16.6. The van der Waals surface area contributed by atoms with Crippen LogP contribution < -0.4 is 10.5 Å². The number of ether oxygens (including phenoxy) is 1. The summed E-state index contributed by atoms with van der Waals surface area (Å²) >= 11 is 0. The van der Waals surface area contributed by atoms with Crippen LogP contribution in [0.2, 0.25) is 13.1 Å². The number of rotatable bonds is 6. The lowest BCUT2D eigenvalue weighted by Crippen LogP contribution is -2.48. The average molecular weight is 434 g/mol. The van der Waals surface area contributed by atoms with E-state index in [1.54, 1.807) is 0 Å². The number of halogens is 1. The van der Waals surface area contributed by atoms with Crippen molar-refractivity contribution in [2.75, 3.05) is 18.1 Å². The summed E-state index contributed by atoms with van der Waals surface area (Å²) in [5.41, 5.74) is 0.450. The number of imidazole rings is 1. The van der Waals surface area contributed by atoms with Gasteiger partial charge in [-0.05, 0) is 0 Å². The van der Waals surface area contributed by atoms with E-state index < -0.39 is 45.3 Å². The average Bonchev–Trinajstić information content (AvgIpc) is 3.28. The number of hydrogen-bond acceptors (Lipinski definition) is 8. The number of aliphatic hydroxyl groups is 3. The Bertz CT molecular complexity index is 1030. The number of nitrogens with zero attached hydrogens (tertiary/aromatic N) is 4. The van der Waals surface area contributed by atoms with Crippen molar-refractivity contribution in [1.82, 2.24) is 19.5 Å². The topological polar surface area (TPSA) is 126 Å². The van der Waals surface area contributed by atoms with Gasteiger partial charge in [-0.25, -0.2) is 4.98 Å². The summed E-state index contributed by atoms with van der Waals surface area (Å²) in [5.74, 6) is 0.250. The molecule has 0 saturated carbocycles. The summed E-state index contributed by atoms with van der Waals surface area (Å²) in [6.45, 7) is 3.93. The van der Waals surface area contributed by atoms with Crippen molar-refractivity contribution in [2.24, 2.45) is 0 Å². The van der Waals surface area contributed by atoms with Crippen LogP contribution in [0.15, 0.2) is 36.7 Å². The number of aromatic nitrogens is 4. The molecule has 0 radical (unpaired) electrons. The van der Waals surface area contributed by atoms with Gasteiger partial charge in [0, 0.05) is 6.17 Å². The van der Waals surface area contributed by atoms with Gasteiger partial charge in [-0.15, -0.1) is 0 Å². The molecule has 0 aliphatic carbocycles. The summed E-state index contributed by atoms with van der Waals surface area (Å²) in [6, 6.07) is 10.1. The molecule has 4 atom stereocenters. The highest BCUT2D eigenvalue weighted by atomic mass is 28.3. The van der Waals surface area contributed by atoms with Crippen molar-refractivity contribution >= 4 is 30.2 Å². The van der Waals surface area contributed by atoms with E-state index in [1.165, 1.54) is 16.1 Å². The van der Waals surface area contributed by atoms with Crippen LogP contribution in [0.1, 0.15) is 6.23 Å². The molecule has 3 aromatic rings. The van der Waals surface area contributed by atoms with Gasteiger partial charge in [-0.1, -0.05) is 48.6 Å². The molecule has 0 unspecified atom stereocenters. The maximum atomic E-state index is 14.2. The Morgan fingerprint density at radius 2 is 1.90 bits per heavy atom. The third-order valence-electron chi connectivity index (χ3n) is 5.44. The monoisotopic (exact) mass is 433 g/mol. The van der Waals surface area contributed by atoms with Gasteiger partial charge in [0.2, 0.25) is 0 Å².